The third-order valence-electron chi connectivity index (χ3n) is 3.72. The van der Waals surface area contributed by atoms with Crippen LogP contribution in [0.2, 0.25) is 0 Å². The first-order valence-electron chi connectivity index (χ1n) is 9.00. The summed E-state index contributed by atoms with van der Waals surface area (Å²) in [6.45, 7) is -0.0218. The molecule has 0 saturated carbocycles. The van der Waals surface area contributed by atoms with Gasteiger partial charge in [0, 0.05) is 0 Å². The zero-order valence-corrected chi connectivity index (χ0v) is 15.4. The minimum atomic E-state index is -1.03. The topological polar surface area (TPSA) is 134 Å². The van der Waals surface area contributed by atoms with E-state index in [-0.39, 0.29) is 6.42 Å². The number of allylic oxidation sites excluding steroid dienone is 2. The van der Waals surface area contributed by atoms with Crippen LogP contribution in [-0.2, 0) is 19.1 Å². The van der Waals surface area contributed by atoms with Gasteiger partial charge in [-0.2, -0.15) is 0 Å². The van der Waals surface area contributed by atoms with E-state index in [0.717, 1.165) is 19.3 Å². The zero-order valence-electron chi connectivity index (χ0n) is 15.4. The number of hydrogen-bond acceptors (Lipinski definition) is 8. The second-order valence-electron chi connectivity index (χ2n) is 5.97. The summed E-state index contributed by atoms with van der Waals surface area (Å²) in [6.07, 6.45) is 5.54. The van der Waals surface area contributed by atoms with Gasteiger partial charge in [0.2, 0.25) is 0 Å². The molecular weight excluding hydrogens is 344 g/mol. The van der Waals surface area contributed by atoms with E-state index in [1.165, 1.54) is 0 Å². The normalized spacial score (nSPS) is 12.7. The number of ether oxygens (including phenoxy) is 2. The van der Waals surface area contributed by atoms with E-state index >= 15 is 0 Å². The quantitative estimate of drug-likeness (QED) is 0.182. The number of rotatable bonds is 15. The van der Waals surface area contributed by atoms with Crippen LogP contribution in [0.15, 0.2) is 12.2 Å². The summed E-state index contributed by atoms with van der Waals surface area (Å²) in [4.78, 5) is 24.2. The van der Waals surface area contributed by atoms with Crippen molar-refractivity contribution in [1.82, 2.24) is 0 Å². The molecule has 8 heteroatoms. The highest BCUT2D eigenvalue weighted by Crippen LogP contribution is 2.18. The molecule has 0 aromatic carbocycles. The highest BCUT2D eigenvalue weighted by atomic mass is 16.6. The number of carbonyl (C=O) groups is 2. The second-order valence-corrected chi connectivity index (χ2v) is 5.97. The molecule has 0 bridgehead atoms. The maximum absolute atomic E-state index is 12.2. The van der Waals surface area contributed by atoms with Gasteiger partial charge in [0.15, 0.2) is 0 Å². The first-order chi connectivity index (χ1) is 12.5. The van der Waals surface area contributed by atoms with E-state index in [0.29, 0.717) is 12.8 Å². The first-order valence-corrected chi connectivity index (χ1v) is 9.00. The monoisotopic (exact) mass is 376 g/mol. The second kappa shape index (κ2) is 15.7. The Hall–Kier alpha value is -1.48. The van der Waals surface area contributed by atoms with E-state index in [4.69, 9.17) is 29.9 Å². The lowest BCUT2D eigenvalue weighted by atomic mass is 9.97. The van der Waals surface area contributed by atoms with Gasteiger partial charge in [-0.3, -0.25) is 9.59 Å². The summed E-state index contributed by atoms with van der Waals surface area (Å²) in [7, 11) is 0. The van der Waals surface area contributed by atoms with Crippen molar-refractivity contribution in [2.75, 3.05) is 26.4 Å². The molecule has 26 heavy (non-hydrogen) atoms. The Morgan fingerprint density at radius 1 is 0.885 bits per heavy atom. The van der Waals surface area contributed by atoms with Crippen LogP contribution in [0.4, 0.5) is 0 Å². The highest BCUT2D eigenvalue weighted by Gasteiger charge is 2.27. The van der Waals surface area contributed by atoms with Gasteiger partial charge in [-0.05, 0) is 25.7 Å². The van der Waals surface area contributed by atoms with Crippen molar-refractivity contribution in [3.8, 4) is 0 Å². The molecule has 0 heterocycles. The smallest absolute Gasteiger partial charge is 0.309 e. The van der Waals surface area contributed by atoms with Gasteiger partial charge < -0.3 is 29.9 Å². The average Bonchev–Trinajstić information content (AvgIpc) is 2.65. The average molecular weight is 376 g/mol. The van der Waals surface area contributed by atoms with Crippen molar-refractivity contribution in [3.05, 3.63) is 12.2 Å². The van der Waals surface area contributed by atoms with Crippen molar-refractivity contribution in [3.63, 3.8) is 0 Å². The van der Waals surface area contributed by atoms with Crippen molar-refractivity contribution in [1.29, 1.82) is 0 Å². The van der Waals surface area contributed by atoms with Crippen molar-refractivity contribution >= 4 is 11.9 Å². The molecule has 0 aliphatic carbocycles. The molecule has 0 rings (SSSR count). The van der Waals surface area contributed by atoms with Gasteiger partial charge in [0.05, 0.1) is 38.8 Å². The van der Waals surface area contributed by atoms with Crippen LogP contribution in [0.3, 0.4) is 0 Å². The fourth-order valence-electron chi connectivity index (χ4n) is 2.20. The molecule has 8 nitrogen and oxygen atoms in total. The first kappa shape index (κ1) is 24.5. The van der Waals surface area contributed by atoms with Gasteiger partial charge in [0.1, 0.15) is 12.2 Å². The lowest BCUT2D eigenvalue weighted by Crippen LogP contribution is -2.32. The van der Waals surface area contributed by atoms with E-state index in [1.807, 2.05) is 6.92 Å². The molecule has 152 valence electrons. The lowest BCUT2D eigenvalue weighted by molar-refractivity contribution is -0.165. The van der Waals surface area contributed by atoms with Gasteiger partial charge in [0.25, 0.3) is 0 Å². The predicted octanol–water partition coefficient (Wildman–Crippen LogP) is 0.312. The molecule has 0 radical (unpaired) electrons. The van der Waals surface area contributed by atoms with Crippen LogP contribution in [0.5, 0.6) is 0 Å². The minimum absolute atomic E-state index is 0.260. The van der Waals surface area contributed by atoms with Gasteiger partial charge in [-0.25, -0.2) is 0 Å². The van der Waals surface area contributed by atoms with E-state index in [1.54, 1.807) is 0 Å². The summed E-state index contributed by atoms with van der Waals surface area (Å²) in [6, 6.07) is 0. The van der Waals surface area contributed by atoms with Gasteiger partial charge in [-0.15, -0.1) is 0 Å². The van der Waals surface area contributed by atoms with Gasteiger partial charge in [-0.1, -0.05) is 25.5 Å². The Morgan fingerprint density at radius 2 is 1.46 bits per heavy atom. The number of esters is 2. The Kier molecular flexibility index (Phi) is 14.9. The molecule has 4 N–H and O–H groups in total. The van der Waals surface area contributed by atoms with Crippen molar-refractivity contribution < 1.29 is 39.5 Å². The Balaban J connectivity index is 4.67. The standard InChI is InChI=1S/C18H32O8/c1-2-3-4-5-6-7-8-14(18(24)26-16(12-21)13-22)9-17(23)25-15(10-19)11-20/h3-4,14-16,19-22H,2,5-13H2,1H3/b4-3+. The fourth-order valence-corrected chi connectivity index (χ4v) is 2.20. The summed E-state index contributed by atoms with van der Waals surface area (Å²) in [5, 5.41) is 36.0. The summed E-state index contributed by atoms with van der Waals surface area (Å²) < 4.78 is 9.90. The molecule has 0 aliphatic rings. The molecule has 0 aromatic rings. The van der Waals surface area contributed by atoms with Crippen molar-refractivity contribution in [2.24, 2.45) is 5.92 Å². The van der Waals surface area contributed by atoms with Gasteiger partial charge >= 0.3 is 11.9 Å². The molecule has 0 spiro atoms. The van der Waals surface area contributed by atoms with Crippen LogP contribution in [-0.4, -0.2) is 71.0 Å². The largest absolute Gasteiger partial charge is 0.457 e. The van der Waals surface area contributed by atoms with Crippen LogP contribution in [0.25, 0.3) is 0 Å². The van der Waals surface area contributed by atoms with Crippen LogP contribution >= 0.6 is 0 Å². The zero-order chi connectivity index (χ0) is 19.8. The number of aliphatic hydroxyl groups excluding tert-OH is 4. The fraction of sp³-hybridized carbons (Fsp3) is 0.778. The molecule has 1 atom stereocenters. The minimum Gasteiger partial charge on any atom is -0.457 e. The van der Waals surface area contributed by atoms with Crippen LogP contribution in [0.1, 0.15) is 45.4 Å². The van der Waals surface area contributed by atoms with Crippen LogP contribution < -0.4 is 0 Å². The van der Waals surface area contributed by atoms with E-state index in [9.17, 15) is 9.59 Å². The molecule has 1 unspecified atom stereocenters. The number of unbranched alkanes of at least 4 members (excludes halogenated alkanes) is 2. The lowest BCUT2D eigenvalue weighted by Gasteiger charge is -2.20. The maximum Gasteiger partial charge on any atom is 0.309 e. The molecule has 0 aliphatic heterocycles. The number of aliphatic hydroxyl groups is 4. The Bertz CT molecular complexity index is 402. The number of hydrogen-bond donors (Lipinski definition) is 4. The Morgan fingerprint density at radius 3 is 2.00 bits per heavy atom. The third-order valence-corrected chi connectivity index (χ3v) is 3.72. The summed E-state index contributed by atoms with van der Waals surface area (Å²) in [5.74, 6) is -2.20. The highest BCUT2D eigenvalue weighted by molar-refractivity contribution is 5.80. The molecule has 0 aromatic heterocycles. The molecular formula is C18H32O8. The maximum atomic E-state index is 12.2. The molecule has 0 saturated heterocycles. The van der Waals surface area contributed by atoms with Crippen molar-refractivity contribution in [2.45, 2.75) is 57.7 Å². The molecule has 0 fully saturated rings. The SMILES string of the molecule is CC/C=C/CCCCC(CC(=O)OC(CO)CO)C(=O)OC(CO)CO. The van der Waals surface area contributed by atoms with E-state index in [2.05, 4.69) is 12.2 Å². The Labute approximate surface area is 154 Å². The van der Waals surface area contributed by atoms with E-state index < -0.39 is 56.5 Å². The summed E-state index contributed by atoms with van der Waals surface area (Å²) >= 11 is 0. The number of carbonyl (C=O) groups excluding carboxylic acids is 2. The predicted molar refractivity (Wildman–Crippen MR) is 94.1 cm³/mol. The molecule has 0 amide bonds. The third kappa shape index (κ3) is 11.2. The summed E-state index contributed by atoms with van der Waals surface area (Å²) in [5.41, 5.74) is 0. The van der Waals surface area contributed by atoms with Crippen LogP contribution in [0, 0.1) is 5.92 Å².